The fraction of sp³-hybridized carbons (Fsp3) is 0.692. The summed E-state index contributed by atoms with van der Waals surface area (Å²) in [6.45, 7) is 3.54. The SMILES string of the molecule is CC/C=C\CCCCC(C(C)=O)C(=O)OC. The van der Waals surface area contributed by atoms with Gasteiger partial charge in [-0.3, -0.25) is 9.59 Å². The van der Waals surface area contributed by atoms with E-state index in [9.17, 15) is 9.59 Å². The van der Waals surface area contributed by atoms with Gasteiger partial charge in [-0.2, -0.15) is 0 Å². The molecule has 0 aliphatic heterocycles. The third-order valence-corrected chi connectivity index (χ3v) is 2.49. The number of esters is 1. The molecule has 0 spiro atoms. The fourth-order valence-electron chi connectivity index (χ4n) is 1.52. The van der Waals surface area contributed by atoms with Crippen molar-refractivity contribution in [2.75, 3.05) is 7.11 Å². The van der Waals surface area contributed by atoms with Gasteiger partial charge in [-0.05, 0) is 32.6 Å². The van der Waals surface area contributed by atoms with Crippen LogP contribution in [0, 0.1) is 5.92 Å². The second-order valence-electron chi connectivity index (χ2n) is 3.85. The Morgan fingerprint density at radius 1 is 1.25 bits per heavy atom. The molecule has 0 rings (SSSR count). The molecule has 0 aromatic carbocycles. The van der Waals surface area contributed by atoms with Crippen LogP contribution in [0.2, 0.25) is 0 Å². The van der Waals surface area contributed by atoms with E-state index >= 15 is 0 Å². The Morgan fingerprint density at radius 2 is 1.94 bits per heavy atom. The van der Waals surface area contributed by atoms with Gasteiger partial charge in [0.1, 0.15) is 11.7 Å². The van der Waals surface area contributed by atoms with E-state index in [1.165, 1.54) is 14.0 Å². The van der Waals surface area contributed by atoms with Crippen LogP contribution in [0.25, 0.3) is 0 Å². The summed E-state index contributed by atoms with van der Waals surface area (Å²) < 4.78 is 4.60. The fourth-order valence-corrected chi connectivity index (χ4v) is 1.52. The Labute approximate surface area is 97.9 Å². The molecule has 0 radical (unpaired) electrons. The highest BCUT2D eigenvalue weighted by Gasteiger charge is 2.22. The van der Waals surface area contributed by atoms with E-state index in [0.29, 0.717) is 6.42 Å². The summed E-state index contributed by atoms with van der Waals surface area (Å²) >= 11 is 0. The molecule has 92 valence electrons. The molecule has 16 heavy (non-hydrogen) atoms. The monoisotopic (exact) mass is 226 g/mol. The topological polar surface area (TPSA) is 43.4 Å². The number of allylic oxidation sites excluding steroid dienone is 2. The summed E-state index contributed by atoms with van der Waals surface area (Å²) in [5.41, 5.74) is 0. The highest BCUT2D eigenvalue weighted by molar-refractivity contribution is 5.97. The highest BCUT2D eigenvalue weighted by Crippen LogP contribution is 2.13. The standard InChI is InChI=1S/C13H22O3/c1-4-5-6-7-8-9-10-12(11(2)14)13(15)16-3/h5-6,12H,4,7-10H2,1-3H3/b6-5-. The van der Waals surface area contributed by atoms with Gasteiger partial charge in [-0.25, -0.2) is 0 Å². The molecule has 3 heteroatoms. The maximum atomic E-state index is 11.3. The molecule has 1 atom stereocenters. The van der Waals surface area contributed by atoms with E-state index in [4.69, 9.17) is 0 Å². The quantitative estimate of drug-likeness (QED) is 0.276. The molecule has 0 saturated heterocycles. The number of ketones is 1. The molecule has 0 amide bonds. The Bertz CT molecular complexity index is 244. The number of methoxy groups -OCH3 is 1. The first-order valence-electron chi connectivity index (χ1n) is 5.86. The number of rotatable bonds is 8. The van der Waals surface area contributed by atoms with Crippen molar-refractivity contribution in [1.82, 2.24) is 0 Å². The molecule has 0 fully saturated rings. The summed E-state index contributed by atoms with van der Waals surface area (Å²) in [6, 6.07) is 0. The predicted molar refractivity (Wildman–Crippen MR) is 64.1 cm³/mol. The minimum atomic E-state index is -0.569. The van der Waals surface area contributed by atoms with Crippen LogP contribution in [-0.4, -0.2) is 18.9 Å². The van der Waals surface area contributed by atoms with Crippen LogP contribution in [-0.2, 0) is 14.3 Å². The molecular weight excluding hydrogens is 204 g/mol. The van der Waals surface area contributed by atoms with Crippen molar-refractivity contribution < 1.29 is 14.3 Å². The van der Waals surface area contributed by atoms with Gasteiger partial charge in [0.05, 0.1) is 7.11 Å². The van der Waals surface area contributed by atoms with Gasteiger partial charge >= 0.3 is 5.97 Å². The lowest BCUT2D eigenvalue weighted by Crippen LogP contribution is -2.23. The molecule has 0 heterocycles. The zero-order chi connectivity index (χ0) is 12.4. The van der Waals surface area contributed by atoms with Crippen molar-refractivity contribution in [2.24, 2.45) is 5.92 Å². The molecular formula is C13H22O3. The number of hydrogen-bond donors (Lipinski definition) is 0. The first-order valence-corrected chi connectivity index (χ1v) is 5.86. The van der Waals surface area contributed by atoms with E-state index in [0.717, 1.165) is 25.7 Å². The van der Waals surface area contributed by atoms with Crippen LogP contribution in [0.5, 0.6) is 0 Å². The van der Waals surface area contributed by atoms with Crippen molar-refractivity contribution in [3.63, 3.8) is 0 Å². The lowest BCUT2D eigenvalue weighted by atomic mass is 9.97. The van der Waals surface area contributed by atoms with Crippen LogP contribution < -0.4 is 0 Å². The summed E-state index contributed by atoms with van der Waals surface area (Å²) in [4.78, 5) is 22.5. The number of ether oxygens (including phenoxy) is 1. The zero-order valence-corrected chi connectivity index (χ0v) is 10.5. The Balaban J connectivity index is 3.82. The summed E-state index contributed by atoms with van der Waals surface area (Å²) in [5, 5.41) is 0. The minimum absolute atomic E-state index is 0.101. The van der Waals surface area contributed by atoms with Crippen LogP contribution >= 0.6 is 0 Å². The molecule has 0 aliphatic carbocycles. The number of unbranched alkanes of at least 4 members (excludes halogenated alkanes) is 2. The normalized spacial score (nSPS) is 12.7. The average Bonchev–Trinajstić information content (AvgIpc) is 2.26. The Kier molecular flexibility index (Phi) is 8.49. The largest absolute Gasteiger partial charge is 0.468 e. The van der Waals surface area contributed by atoms with Crippen molar-refractivity contribution in [2.45, 2.75) is 46.0 Å². The Morgan fingerprint density at radius 3 is 2.44 bits per heavy atom. The third kappa shape index (κ3) is 6.38. The predicted octanol–water partition coefficient (Wildman–Crippen LogP) is 2.89. The smallest absolute Gasteiger partial charge is 0.316 e. The van der Waals surface area contributed by atoms with Gasteiger partial charge in [0.25, 0.3) is 0 Å². The van der Waals surface area contributed by atoms with Gasteiger partial charge < -0.3 is 4.74 Å². The van der Waals surface area contributed by atoms with Crippen LogP contribution in [0.4, 0.5) is 0 Å². The first kappa shape index (κ1) is 14.9. The van der Waals surface area contributed by atoms with Gasteiger partial charge in [-0.15, -0.1) is 0 Å². The van der Waals surface area contributed by atoms with Crippen LogP contribution in [0.15, 0.2) is 12.2 Å². The van der Waals surface area contributed by atoms with E-state index in [2.05, 4.69) is 23.8 Å². The second-order valence-corrected chi connectivity index (χ2v) is 3.85. The van der Waals surface area contributed by atoms with E-state index in [-0.39, 0.29) is 5.78 Å². The average molecular weight is 226 g/mol. The maximum Gasteiger partial charge on any atom is 0.316 e. The number of Topliss-reactive ketones (excluding diaryl/α,β-unsaturated/α-hetero) is 1. The summed E-state index contributed by atoms with van der Waals surface area (Å²) in [6.07, 6.45) is 8.83. The van der Waals surface area contributed by atoms with E-state index < -0.39 is 11.9 Å². The van der Waals surface area contributed by atoms with Crippen molar-refractivity contribution >= 4 is 11.8 Å². The summed E-state index contributed by atoms with van der Waals surface area (Å²) in [7, 11) is 1.32. The van der Waals surface area contributed by atoms with Crippen molar-refractivity contribution in [1.29, 1.82) is 0 Å². The molecule has 3 nitrogen and oxygen atoms in total. The molecule has 0 bridgehead atoms. The van der Waals surface area contributed by atoms with Gasteiger partial charge in [0.2, 0.25) is 0 Å². The third-order valence-electron chi connectivity index (χ3n) is 2.49. The number of carbonyl (C=O) groups excluding carboxylic acids is 2. The maximum absolute atomic E-state index is 11.3. The van der Waals surface area contributed by atoms with Crippen LogP contribution in [0.1, 0.15) is 46.0 Å². The van der Waals surface area contributed by atoms with Gasteiger partial charge in [0, 0.05) is 0 Å². The first-order chi connectivity index (χ1) is 7.63. The minimum Gasteiger partial charge on any atom is -0.468 e. The van der Waals surface area contributed by atoms with E-state index in [1.807, 2.05) is 0 Å². The van der Waals surface area contributed by atoms with Crippen LogP contribution in [0.3, 0.4) is 0 Å². The number of hydrogen-bond acceptors (Lipinski definition) is 3. The molecule has 0 aromatic heterocycles. The number of carbonyl (C=O) groups is 2. The zero-order valence-electron chi connectivity index (χ0n) is 10.5. The summed E-state index contributed by atoms with van der Waals surface area (Å²) in [5.74, 6) is -1.08. The van der Waals surface area contributed by atoms with Crippen molar-refractivity contribution in [3.8, 4) is 0 Å². The van der Waals surface area contributed by atoms with Gasteiger partial charge in [-0.1, -0.05) is 25.5 Å². The molecule has 0 aromatic rings. The molecule has 1 unspecified atom stereocenters. The van der Waals surface area contributed by atoms with E-state index in [1.54, 1.807) is 0 Å². The highest BCUT2D eigenvalue weighted by atomic mass is 16.5. The molecule has 0 saturated carbocycles. The second kappa shape index (κ2) is 9.13. The lowest BCUT2D eigenvalue weighted by molar-refractivity contribution is -0.149. The Hall–Kier alpha value is -1.12. The van der Waals surface area contributed by atoms with Crippen molar-refractivity contribution in [3.05, 3.63) is 12.2 Å². The van der Waals surface area contributed by atoms with Gasteiger partial charge in [0.15, 0.2) is 0 Å². The lowest BCUT2D eigenvalue weighted by Gasteiger charge is -2.10. The molecule has 0 aliphatic rings. The molecule has 0 N–H and O–H groups in total.